The lowest BCUT2D eigenvalue weighted by atomic mass is 10.1. The van der Waals surface area contributed by atoms with E-state index in [4.69, 9.17) is 27.9 Å². The van der Waals surface area contributed by atoms with Gasteiger partial charge in [-0.05, 0) is 36.8 Å². The van der Waals surface area contributed by atoms with Crippen LogP contribution in [0.3, 0.4) is 0 Å². The monoisotopic (exact) mass is 383 g/mol. The van der Waals surface area contributed by atoms with Gasteiger partial charge in [-0.2, -0.15) is 0 Å². The van der Waals surface area contributed by atoms with Crippen molar-refractivity contribution in [3.05, 3.63) is 69.5 Å². The Bertz CT molecular complexity index is 745. The van der Waals surface area contributed by atoms with Gasteiger partial charge in [-0.15, -0.1) is 0 Å². The van der Waals surface area contributed by atoms with Crippen LogP contribution in [0.4, 0.5) is 4.39 Å². The average Bonchev–Trinajstić information content (AvgIpc) is 2.57. The van der Waals surface area contributed by atoms with E-state index >= 15 is 0 Å². The molecular weight excluding hydrogens is 368 g/mol. The van der Waals surface area contributed by atoms with Crippen LogP contribution in [-0.4, -0.2) is 18.0 Å². The molecular formula is C18H16Cl2FNO3. The predicted octanol–water partition coefficient (Wildman–Crippen LogP) is 3.92. The van der Waals surface area contributed by atoms with E-state index in [1.165, 1.54) is 19.1 Å². The minimum atomic E-state index is -0.978. The van der Waals surface area contributed by atoms with Crippen LogP contribution in [0.5, 0.6) is 0 Å². The van der Waals surface area contributed by atoms with E-state index in [-0.39, 0.29) is 18.8 Å². The first-order valence-corrected chi connectivity index (χ1v) is 8.27. The number of halogens is 3. The van der Waals surface area contributed by atoms with Gasteiger partial charge in [0.1, 0.15) is 5.82 Å². The quantitative estimate of drug-likeness (QED) is 0.768. The van der Waals surface area contributed by atoms with E-state index in [1.54, 1.807) is 30.3 Å². The smallest absolute Gasteiger partial charge is 0.311 e. The fraction of sp³-hybridized carbons (Fsp3) is 0.222. The molecule has 0 saturated carbocycles. The molecule has 132 valence electrons. The molecule has 0 aliphatic carbocycles. The first kappa shape index (κ1) is 19.2. The zero-order chi connectivity index (χ0) is 18.4. The zero-order valence-electron chi connectivity index (χ0n) is 13.4. The normalized spacial score (nSPS) is 11.7. The second kappa shape index (κ2) is 8.83. The average molecular weight is 384 g/mol. The van der Waals surface area contributed by atoms with E-state index in [2.05, 4.69) is 5.32 Å². The number of amides is 1. The van der Waals surface area contributed by atoms with E-state index in [9.17, 15) is 14.0 Å². The second-order valence-corrected chi connectivity index (χ2v) is 6.17. The van der Waals surface area contributed by atoms with Crippen molar-refractivity contribution in [2.75, 3.05) is 0 Å². The van der Waals surface area contributed by atoms with Crippen LogP contribution in [-0.2, 0) is 27.3 Å². The minimum absolute atomic E-state index is 0.131. The van der Waals surface area contributed by atoms with Gasteiger partial charge in [-0.25, -0.2) is 4.39 Å². The highest BCUT2D eigenvalue weighted by atomic mass is 35.5. The molecule has 1 amide bonds. The highest BCUT2D eigenvalue weighted by Crippen LogP contribution is 2.25. The summed E-state index contributed by atoms with van der Waals surface area (Å²) in [7, 11) is 0. The molecule has 4 nitrogen and oxygen atoms in total. The Hall–Kier alpha value is -2.11. The number of hydrogen-bond acceptors (Lipinski definition) is 3. The fourth-order valence-corrected chi connectivity index (χ4v) is 2.60. The molecule has 1 N–H and O–H groups in total. The van der Waals surface area contributed by atoms with Gasteiger partial charge < -0.3 is 10.1 Å². The largest absolute Gasteiger partial charge is 0.452 e. The van der Waals surface area contributed by atoms with Gasteiger partial charge in [-0.1, -0.05) is 41.4 Å². The van der Waals surface area contributed by atoms with Gasteiger partial charge in [0.15, 0.2) is 6.10 Å². The molecule has 2 aromatic carbocycles. The van der Waals surface area contributed by atoms with Crippen LogP contribution < -0.4 is 5.32 Å². The number of ether oxygens (including phenoxy) is 1. The van der Waals surface area contributed by atoms with Crippen LogP contribution >= 0.6 is 23.2 Å². The van der Waals surface area contributed by atoms with Crippen LogP contribution in [0, 0.1) is 5.82 Å². The topological polar surface area (TPSA) is 55.4 Å². The summed E-state index contributed by atoms with van der Waals surface area (Å²) in [4.78, 5) is 24.0. The maximum absolute atomic E-state index is 12.8. The first-order valence-electron chi connectivity index (χ1n) is 7.51. The van der Waals surface area contributed by atoms with Crippen LogP contribution in [0.2, 0.25) is 10.0 Å². The summed E-state index contributed by atoms with van der Waals surface area (Å²) in [5.74, 6) is -1.42. The number of carbonyl (C=O) groups is 2. The molecule has 7 heteroatoms. The second-order valence-electron chi connectivity index (χ2n) is 5.35. The molecule has 1 unspecified atom stereocenters. The van der Waals surface area contributed by atoms with Crippen molar-refractivity contribution >= 4 is 35.1 Å². The molecule has 0 fully saturated rings. The summed E-state index contributed by atoms with van der Waals surface area (Å²) in [6.45, 7) is 1.67. The number of nitrogens with one attached hydrogen (secondary N) is 1. The Balaban J connectivity index is 1.85. The number of esters is 1. The third-order valence-corrected chi connectivity index (χ3v) is 4.15. The Morgan fingerprint density at radius 2 is 1.72 bits per heavy atom. The lowest BCUT2D eigenvalue weighted by Crippen LogP contribution is -2.35. The molecule has 1 atom stereocenters. The lowest BCUT2D eigenvalue weighted by molar-refractivity contribution is -0.154. The summed E-state index contributed by atoms with van der Waals surface area (Å²) in [6, 6.07) is 10.6. The zero-order valence-corrected chi connectivity index (χ0v) is 14.9. The number of rotatable bonds is 6. The summed E-state index contributed by atoms with van der Waals surface area (Å²) >= 11 is 12.0. The predicted molar refractivity (Wildman–Crippen MR) is 94.0 cm³/mol. The highest BCUT2D eigenvalue weighted by molar-refractivity contribution is 6.36. The highest BCUT2D eigenvalue weighted by Gasteiger charge is 2.19. The SMILES string of the molecule is CC(OC(=O)Cc1c(Cl)cccc1Cl)C(=O)NCc1ccc(F)cc1. The summed E-state index contributed by atoms with van der Waals surface area (Å²) in [5, 5.41) is 3.34. The standard InChI is InChI=1S/C18H16Cl2FNO3/c1-11(18(24)22-10-12-5-7-13(21)8-6-12)25-17(23)9-14-15(19)3-2-4-16(14)20/h2-8,11H,9-10H2,1H3,(H,22,24). The molecule has 0 bridgehead atoms. The van der Waals surface area contributed by atoms with Crippen molar-refractivity contribution in [2.24, 2.45) is 0 Å². The lowest BCUT2D eigenvalue weighted by Gasteiger charge is -2.14. The molecule has 25 heavy (non-hydrogen) atoms. The van der Waals surface area contributed by atoms with Gasteiger partial charge in [0.05, 0.1) is 6.42 Å². The van der Waals surface area contributed by atoms with E-state index in [0.29, 0.717) is 15.6 Å². The van der Waals surface area contributed by atoms with Crippen molar-refractivity contribution in [1.82, 2.24) is 5.32 Å². The van der Waals surface area contributed by atoms with Gasteiger partial charge in [0, 0.05) is 22.2 Å². The Morgan fingerprint density at radius 1 is 1.12 bits per heavy atom. The van der Waals surface area contributed by atoms with Crippen LogP contribution in [0.1, 0.15) is 18.1 Å². The molecule has 0 saturated heterocycles. The van der Waals surface area contributed by atoms with Crippen LogP contribution in [0.15, 0.2) is 42.5 Å². The molecule has 0 radical (unpaired) electrons. The molecule has 0 heterocycles. The van der Waals surface area contributed by atoms with Crippen molar-refractivity contribution in [2.45, 2.75) is 26.0 Å². The molecule has 2 aromatic rings. The van der Waals surface area contributed by atoms with Gasteiger partial charge >= 0.3 is 5.97 Å². The van der Waals surface area contributed by atoms with Gasteiger partial charge in [0.25, 0.3) is 5.91 Å². The third kappa shape index (κ3) is 5.73. The van der Waals surface area contributed by atoms with E-state index in [1.807, 2.05) is 0 Å². The molecule has 0 aliphatic rings. The first-order chi connectivity index (χ1) is 11.9. The van der Waals surface area contributed by atoms with Crippen molar-refractivity contribution in [1.29, 1.82) is 0 Å². The number of benzene rings is 2. The Kier molecular flexibility index (Phi) is 6.79. The fourth-order valence-electron chi connectivity index (χ4n) is 2.07. The molecule has 2 rings (SSSR count). The van der Waals surface area contributed by atoms with E-state index < -0.39 is 18.0 Å². The number of hydrogen-bond donors (Lipinski definition) is 1. The summed E-state index contributed by atoms with van der Waals surface area (Å²) in [5.41, 5.74) is 1.19. The molecule has 0 aliphatic heterocycles. The number of carbonyl (C=O) groups excluding carboxylic acids is 2. The Labute approximate surface area is 154 Å². The maximum atomic E-state index is 12.8. The van der Waals surface area contributed by atoms with Crippen LogP contribution in [0.25, 0.3) is 0 Å². The van der Waals surface area contributed by atoms with Crippen molar-refractivity contribution in [3.8, 4) is 0 Å². The maximum Gasteiger partial charge on any atom is 0.311 e. The summed E-state index contributed by atoms with van der Waals surface area (Å²) in [6.07, 6.45) is -1.11. The molecule has 0 aromatic heterocycles. The minimum Gasteiger partial charge on any atom is -0.452 e. The molecule has 0 spiro atoms. The summed E-state index contributed by atoms with van der Waals surface area (Å²) < 4.78 is 17.9. The van der Waals surface area contributed by atoms with Gasteiger partial charge in [-0.3, -0.25) is 9.59 Å². The Morgan fingerprint density at radius 3 is 2.32 bits per heavy atom. The van der Waals surface area contributed by atoms with E-state index in [0.717, 1.165) is 5.56 Å². The van der Waals surface area contributed by atoms with Gasteiger partial charge in [0.2, 0.25) is 0 Å². The van der Waals surface area contributed by atoms with Crippen molar-refractivity contribution in [3.63, 3.8) is 0 Å². The van der Waals surface area contributed by atoms with Crippen molar-refractivity contribution < 1.29 is 18.7 Å². The third-order valence-electron chi connectivity index (χ3n) is 3.44.